The maximum Gasteiger partial charge on any atom is 0.423 e. The number of hydrogen-bond donors (Lipinski definition) is 1. The van der Waals surface area contributed by atoms with Crippen LogP contribution in [-0.4, -0.2) is 46.3 Å². The number of nitrogens with one attached hydrogen (secondary N) is 1. The first-order chi connectivity index (χ1) is 15.2. The zero-order valence-electron chi connectivity index (χ0n) is 17.1. The molecule has 0 amide bonds. The normalized spacial score (nSPS) is 24.1. The number of terminal acetylenes is 1. The molecule has 0 spiro atoms. The highest BCUT2D eigenvalue weighted by Gasteiger charge is 2.40. The number of ether oxygens (including phenoxy) is 4. The Hall–Kier alpha value is -2.36. The summed E-state index contributed by atoms with van der Waals surface area (Å²) < 4.78 is 62.3. The highest BCUT2D eigenvalue weighted by Crippen LogP contribution is 2.32. The van der Waals surface area contributed by atoms with Crippen molar-refractivity contribution in [3.63, 3.8) is 0 Å². The number of nitrogens with zero attached hydrogens (tertiary/aromatic N) is 1. The summed E-state index contributed by atoms with van der Waals surface area (Å²) in [5.74, 6) is 2.30. The van der Waals surface area contributed by atoms with E-state index in [2.05, 4.69) is 5.92 Å². The topological polar surface area (TPSA) is 91.8 Å². The number of halogens is 3. The number of alkyl halides is 3. The first-order valence-electron chi connectivity index (χ1n) is 10.2. The largest absolute Gasteiger partial charge is 0.454 e. The molecule has 12 heteroatoms. The molecule has 0 radical (unpaired) electrons. The zero-order chi connectivity index (χ0) is 23.3. The van der Waals surface area contributed by atoms with Crippen LogP contribution in [0, 0.1) is 12.3 Å². The molecule has 2 heterocycles. The average Bonchev–Trinajstić information content (AvgIpc) is 3.13. The predicted octanol–water partition coefficient (Wildman–Crippen LogP) is 2.51. The van der Waals surface area contributed by atoms with Crippen LogP contribution in [0.3, 0.4) is 0 Å². The lowest BCUT2D eigenvalue weighted by molar-refractivity contribution is -0.139. The SMILES string of the molecule is C#CCO[C@H]1C[C@H](n2cc(C(F)(F)F)c(=O)[nH]c2=O)O[C@@H]1COC(=S)OC1CCCCC1. The van der Waals surface area contributed by atoms with Crippen LogP contribution in [0.5, 0.6) is 0 Å². The van der Waals surface area contributed by atoms with Crippen molar-refractivity contribution in [3.05, 3.63) is 32.6 Å². The molecule has 3 rings (SSSR count). The van der Waals surface area contributed by atoms with Crippen molar-refractivity contribution in [2.45, 2.75) is 69.2 Å². The predicted molar refractivity (Wildman–Crippen MR) is 110 cm³/mol. The minimum absolute atomic E-state index is 0.00913. The summed E-state index contributed by atoms with van der Waals surface area (Å²) in [4.78, 5) is 25.3. The van der Waals surface area contributed by atoms with Gasteiger partial charge in [0.1, 0.15) is 37.2 Å². The second kappa shape index (κ2) is 10.5. The van der Waals surface area contributed by atoms with E-state index in [1.54, 1.807) is 4.98 Å². The molecule has 1 N–H and O–H groups in total. The zero-order valence-corrected chi connectivity index (χ0v) is 17.9. The van der Waals surface area contributed by atoms with Crippen molar-refractivity contribution in [1.82, 2.24) is 9.55 Å². The van der Waals surface area contributed by atoms with Gasteiger partial charge in [0.2, 0.25) is 0 Å². The fourth-order valence-corrected chi connectivity index (χ4v) is 3.96. The van der Waals surface area contributed by atoms with Gasteiger partial charge >= 0.3 is 17.1 Å². The van der Waals surface area contributed by atoms with Crippen LogP contribution < -0.4 is 11.2 Å². The Morgan fingerprint density at radius 1 is 1.31 bits per heavy atom. The Labute approximate surface area is 187 Å². The summed E-state index contributed by atoms with van der Waals surface area (Å²) in [6.45, 7) is -0.184. The Bertz CT molecular complexity index is 964. The third-order valence-electron chi connectivity index (χ3n) is 5.33. The Morgan fingerprint density at radius 2 is 2.03 bits per heavy atom. The van der Waals surface area contributed by atoms with Gasteiger partial charge in [0.05, 0.1) is 6.10 Å². The van der Waals surface area contributed by atoms with Gasteiger partial charge in [-0.3, -0.25) is 14.3 Å². The molecular weight excluding hydrogens is 453 g/mol. The Morgan fingerprint density at radius 3 is 2.69 bits per heavy atom. The monoisotopic (exact) mass is 476 g/mol. The van der Waals surface area contributed by atoms with E-state index < -0.39 is 41.4 Å². The molecule has 1 saturated carbocycles. The molecule has 2 fully saturated rings. The first kappa shape index (κ1) is 24.3. The van der Waals surface area contributed by atoms with Gasteiger partial charge in [-0.1, -0.05) is 12.3 Å². The molecule has 0 bridgehead atoms. The van der Waals surface area contributed by atoms with Gasteiger partial charge in [0.15, 0.2) is 0 Å². The lowest BCUT2D eigenvalue weighted by atomic mass is 9.98. The average molecular weight is 476 g/mol. The van der Waals surface area contributed by atoms with Gasteiger partial charge in [-0.15, -0.1) is 6.42 Å². The molecule has 1 aliphatic heterocycles. The van der Waals surface area contributed by atoms with Crippen molar-refractivity contribution < 1.29 is 32.1 Å². The molecule has 8 nitrogen and oxygen atoms in total. The fraction of sp³-hybridized carbons (Fsp3) is 0.650. The number of rotatable bonds is 6. The highest BCUT2D eigenvalue weighted by atomic mass is 32.1. The second-order valence-electron chi connectivity index (χ2n) is 7.56. The summed E-state index contributed by atoms with van der Waals surface area (Å²) >= 11 is 5.12. The van der Waals surface area contributed by atoms with E-state index in [4.69, 9.17) is 37.6 Å². The molecule has 1 aromatic heterocycles. The van der Waals surface area contributed by atoms with E-state index in [0.717, 1.165) is 32.1 Å². The van der Waals surface area contributed by atoms with E-state index in [0.29, 0.717) is 10.8 Å². The van der Waals surface area contributed by atoms with Crippen LogP contribution in [0.4, 0.5) is 13.2 Å². The highest BCUT2D eigenvalue weighted by molar-refractivity contribution is 7.79. The van der Waals surface area contributed by atoms with E-state index in [9.17, 15) is 22.8 Å². The third kappa shape index (κ3) is 6.11. The lowest BCUT2D eigenvalue weighted by Crippen LogP contribution is -2.36. The summed E-state index contributed by atoms with van der Waals surface area (Å²) in [5.41, 5.74) is -4.08. The maximum atomic E-state index is 13.1. The Kier molecular flexibility index (Phi) is 7.97. The summed E-state index contributed by atoms with van der Waals surface area (Å²) in [6, 6.07) is 0. The standard InChI is InChI=1S/C20H23F3N2O6S/c1-2-8-28-14-9-16(25-10-13(20(21,22)23)17(26)24-18(25)27)31-15(14)11-29-19(32)30-12-6-4-3-5-7-12/h1,10,12,14-16H,3-9,11H2,(H,24,26,27)/t14-,15+,16+/m0/s1. The van der Waals surface area contributed by atoms with Gasteiger partial charge < -0.3 is 18.9 Å². The van der Waals surface area contributed by atoms with Gasteiger partial charge in [0.25, 0.3) is 5.56 Å². The van der Waals surface area contributed by atoms with Crippen LogP contribution in [0.25, 0.3) is 0 Å². The third-order valence-corrected chi connectivity index (χ3v) is 5.54. The summed E-state index contributed by atoms with van der Waals surface area (Å²) in [6.07, 6.45) is 3.15. The molecule has 0 unspecified atom stereocenters. The van der Waals surface area contributed by atoms with Crippen molar-refractivity contribution in [1.29, 1.82) is 0 Å². The van der Waals surface area contributed by atoms with Gasteiger partial charge in [-0.05, 0) is 25.7 Å². The van der Waals surface area contributed by atoms with E-state index in [1.165, 1.54) is 0 Å². The molecule has 1 saturated heterocycles. The van der Waals surface area contributed by atoms with Crippen molar-refractivity contribution in [3.8, 4) is 12.3 Å². The lowest BCUT2D eigenvalue weighted by Gasteiger charge is -2.24. The van der Waals surface area contributed by atoms with E-state index in [1.807, 2.05) is 0 Å². The summed E-state index contributed by atoms with van der Waals surface area (Å²) in [5, 5.41) is -0.0554. The number of thiocarbonyl (C=S) groups is 1. The van der Waals surface area contributed by atoms with E-state index >= 15 is 0 Å². The minimum atomic E-state index is -4.94. The van der Waals surface area contributed by atoms with E-state index in [-0.39, 0.29) is 31.0 Å². The first-order valence-corrected chi connectivity index (χ1v) is 10.6. The van der Waals surface area contributed by atoms with Crippen molar-refractivity contribution in [2.75, 3.05) is 13.2 Å². The molecular formula is C20H23F3N2O6S. The van der Waals surface area contributed by atoms with Crippen LogP contribution in [0.2, 0.25) is 0 Å². The van der Waals surface area contributed by atoms with Gasteiger partial charge in [0, 0.05) is 24.8 Å². The molecule has 2 aliphatic rings. The molecule has 0 aromatic carbocycles. The Balaban J connectivity index is 1.70. The van der Waals surface area contributed by atoms with Crippen LogP contribution in [-0.2, 0) is 25.1 Å². The minimum Gasteiger partial charge on any atom is -0.454 e. The molecule has 176 valence electrons. The van der Waals surface area contributed by atoms with Crippen LogP contribution in [0.15, 0.2) is 15.8 Å². The van der Waals surface area contributed by atoms with Crippen LogP contribution >= 0.6 is 12.2 Å². The molecule has 3 atom stereocenters. The number of aromatic nitrogens is 2. The molecule has 1 aromatic rings. The van der Waals surface area contributed by atoms with Crippen molar-refractivity contribution >= 4 is 17.5 Å². The smallest absolute Gasteiger partial charge is 0.423 e. The molecule has 1 aliphatic carbocycles. The number of hydrogen-bond acceptors (Lipinski definition) is 7. The summed E-state index contributed by atoms with van der Waals surface area (Å²) in [7, 11) is 0. The van der Waals surface area contributed by atoms with Crippen molar-refractivity contribution in [2.24, 2.45) is 0 Å². The second-order valence-corrected chi connectivity index (χ2v) is 7.90. The van der Waals surface area contributed by atoms with Crippen LogP contribution in [0.1, 0.15) is 50.3 Å². The number of H-pyrrole nitrogens is 1. The fourth-order valence-electron chi connectivity index (χ4n) is 3.76. The number of aromatic amines is 1. The quantitative estimate of drug-likeness (QED) is 0.498. The van der Waals surface area contributed by atoms with Gasteiger partial charge in [-0.2, -0.15) is 13.2 Å². The van der Waals surface area contributed by atoms with Gasteiger partial charge in [-0.25, -0.2) is 4.79 Å². The maximum absolute atomic E-state index is 13.1. The molecule has 32 heavy (non-hydrogen) atoms.